The van der Waals surface area contributed by atoms with Gasteiger partial charge < -0.3 is 10.0 Å². The van der Waals surface area contributed by atoms with Crippen molar-refractivity contribution < 1.29 is 5.11 Å². The first kappa shape index (κ1) is 21.9. The number of rotatable bonds is 6. The van der Waals surface area contributed by atoms with Gasteiger partial charge in [0.05, 0.1) is 17.3 Å². The third-order valence-corrected chi connectivity index (χ3v) is 6.62. The van der Waals surface area contributed by atoms with Crippen LogP contribution in [0.1, 0.15) is 24.5 Å². The van der Waals surface area contributed by atoms with E-state index in [1.54, 1.807) is 29.9 Å². The van der Waals surface area contributed by atoms with E-state index in [0.29, 0.717) is 17.6 Å². The predicted molar refractivity (Wildman–Crippen MR) is 133 cm³/mol. The first-order chi connectivity index (χ1) is 16.5. The van der Waals surface area contributed by atoms with E-state index in [2.05, 4.69) is 50.7 Å². The summed E-state index contributed by atoms with van der Waals surface area (Å²) in [4.78, 5) is 13.6. The number of nitrogens with zero attached hydrogens (tertiary/aromatic N) is 7. The number of aryl methyl sites for hydroxylation is 1. The lowest BCUT2D eigenvalue weighted by molar-refractivity contribution is 0.00945. The zero-order chi connectivity index (χ0) is 23.8. The molecule has 1 N–H and O–H groups in total. The Morgan fingerprint density at radius 1 is 1.32 bits per heavy atom. The molecule has 3 aromatic rings. The third kappa shape index (κ3) is 3.95. The Morgan fingerprint density at radius 3 is 2.79 bits per heavy atom. The molecule has 34 heavy (non-hydrogen) atoms. The number of anilines is 1. The minimum Gasteiger partial charge on any atom is -0.494 e. The highest BCUT2D eigenvalue weighted by molar-refractivity contribution is 5.84. The summed E-state index contributed by atoms with van der Waals surface area (Å²) in [6, 6.07) is 9.38. The van der Waals surface area contributed by atoms with Crippen molar-refractivity contribution in [1.82, 2.24) is 19.5 Å². The van der Waals surface area contributed by atoms with Gasteiger partial charge in [-0.2, -0.15) is 10.4 Å². The van der Waals surface area contributed by atoms with Crippen molar-refractivity contribution in [3.05, 3.63) is 72.0 Å². The van der Waals surface area contributed by atoms with Gasteiger partial charge in [0.25, 0.3) is 0 Å². The molecule has 3 aliphatic heterocycles. The smallest absolute Gasteiger partial charge is 0.206 e. The van der Waals surface area contributed by atoms with Gasteiger partial charge in [-0.25, -0.2) is 14.5 Å². The molecule has 3 fully saturated rings. The fourth-order valence-electron chi connectivity index (χ4n) is 4.93. The van der Waals surface area contributed by atoms with E-state index >= 15 is 0 Å². The van der Waals surface area contributed by atoms with Crippen LogP contribution in [0.3, 0.4) is 0 Å². The van der Waals surface area contributed by atoms with E-state index in [-0.39, 0.29) is 5.88 Å². The van der Waals surface area contributed by atoms with Crippen LogP contribution in [0.4, 0.5) is 5.82 Å². The van der Waals surface area contributed by atoms with E-state index < -0.39 is 0 Å². The number of hydrogen-bond acceptors (Lipinski definition) is 7. The highest BCUT2D eigenvalue weighted by Crippen LogP contribution is 2.35. The van der Waals surface area contributed by atoms with E-state index in [9.17, 15) is 10.4 Å². The lowest BCUT2D eigenvalue weighted by atomic mass is 9.87. The van der Waals surface area contributed by atoms with Crippen molar-refractivity contribution in [3.8, 4) is 17.2 Å². The highest BCUT2D eigenvalue weighted by atomic mass is 16.3. The highest BCUT2D eigenvalue weighted by Gasteiger charge is 2.44. The molecule has 3 saturated heterocycles. The zero-order valence-electron chi connectivity index (χ0n) is 19.4. The molecule has 0 amide bonds. The van der Waals surface area contributed by atoms with E-state index in [1.807, 2.05) is 19.3 Å². The summed E-state index contributed by atoms with van der Waals surface area (Å²) < 4.78 is 1.77. The molecular formula is C26H27N7O. The van der Waals surface area contributed by atoms with Crippen molar-refractivity contribution in [3.63, 3.8) is 0 Å². The molecule has 2 atom stereocenters. The van der Waals surface area contributed by atoms with Crippen LogP contribution in [0.2, 0.25) is 0 Å². The number of pyridine rings is 2. The standard InChI is InChI=1S/C26H27N7O/c1-4-25(34)29-10-18(3)13-32-21-8-22(32)16-31(15-21)24-6-5-19(11-28-24)23-7-17(2)14-33-26(23)20(9-27)12-30-33/h4-7,10-12,14,21-22,34H,3,8,13,15-16H2,1-2H3/b25-4+,29-10?. The largest absolute Gasteiger partial charge is 0.494 e. The van der Waals surface area contributed by atoms with Gasteiger partial charge in [0.15, 0.2) is 0 Å². The molecule has 172 valence electrons. The zero-order valence-corrected chi connectivity index (χ0v) is 19.4. The number of aliphatic imine (C=N–C) groups is 1. The van der Waals surface area contributed by atoms with Crippen LogP contribution in [0.5, 0.6) is 0 Å². The summed E-state index contributed by atoms with van der Waals surface area (Å²) in [5.41, 5.74) is 5.26. The first-order valence-corrected chi connectivity index (χ1v) is 11.4. The van der Waals surface area contributed by atoms with Gasteiger partial charge in [0.2, 0.25) is 5.88 Å². The molecule has 2 unspecified atom stereocenters. The number of piperidine rings is 1. The normalized spacial score (nSPS) is 20.5. The Labute approximate surface area is 198 Å². The van der Waals surface area contributed by atoms with Gasteiger partial charge in [-0.15, -0.1) is 0 Å². The molecule has 0 aromatic carbocycles. The lowest BCUT2D eigenvalue weighted by Gasteiger charge is -2.56. The molecule has 8 nitrogen and oxygen atoms in total. The molecule has 0 spiro atoms. The average molecular weight is 454 g/mol. The molecule has 3 aromatic heterocycles. The Balaban J connectivity index is 1.29. The number of aliphatic hydroxyl groups is 1. The molecule has 0 saturated carbocycles. The second kappa shape index (κ2) is 8.76. The van der Waals surface area contributed by atoms with Gasteiger partial charge in [-0.3, -0.25) is 4.90 Å². The summed E-state index contributed by atoms with van der Waals surface area (Å²) >= 11 is 0. The third-order valence-electron chi connectivity index (χ3n) is 6.62. The predicted octanol–water partition coefficient (Wildman–Crippen LogP) is 3.89. The van der Waals surface area contributed by atoms with Crippen molar-refractivity contribution >= 4 is 17.5 Å². The van der Waals surface area contributed by atoms with E-state index in [0.717, 1.165) is 53.2 Å². The fraction of sp³-hybridized carbons (Fsp3) is 0.308. The number of aliphatic hydroxyl groups excluding tert-OH is 1. The summed E-state index contributed by atoms with van der Waals surface area (Å²) in [5.74, 6) is 0.975. The van der Waals surface area contributed by atoms with Crippen LogP contribution in [0, 0.1) is 18.3 Å². The van der Waals surface area contributed by atoms with Crippen molar-refractivity contribution in [2.75, 3.05) is 24.5 Å². The average Bonchev–Trinajstić information content (AvgIpc) is 3.28. The SMILES string of the molecule is C=C(C=N/C(O)=C\C)CN1C2CC1CN(c1ccc(-c3cc(C)cn4ncc(C#N)c34)cn1)C2. The molecule has 8 heteroatoms. The summed E-state index contributed by atoms with van der Waals surface area (Å²) in [6.07, 6.45) is 9.80. The topological polar surface area (TPSA) is 93.0 Å². The second-order valence-electron chi connectivity index (χ2n) is 8.98. The summed E-state index contributed by atoms with van der Waals surface area (Å²) in [5, 5.41) is 23.3. The summed E-state index contributed by atoms with van der Waals surface area (Å²) in [6.45, 7) is 10.4. The Hall–Kier alpha value is -3.96. The Morgan fingerprint density at radius 2 is 2.12 bits per heavy atom. The van der Waals surface area contributed by atoms with Crippen molar-refractivity contribution in [2.45, 2.75) is 32.4 Å². The van der Waals surface area contributed by atoms with E-state index in [4.69, 9.17) is 4.98 Å². The molecule has 3 aliphatic rings. The Bertz CT molecular complexity index is 1330. The minimum atomic E-state index is 0.00845. The maximum atomic E-state index is 9.49. The summed E-state index contributed by atoms with van der Waals surface area (Å²) in [7, 11) is 0. The minimum absolute atomic E-state index is 0.00845. The van der Waals surface area contributed by atoms with Gasteiger partial charge in [-0.05, 0) is 55.7 Å². The molecular weight excluding hydrogens is 426 g/mol. The number of piperazine rings is 1. The molecule has 6 heterocycles. The van der Waals surface area contributed by atoms with Crippen LogP contribution < -0.4 is 4.90 Å². The van der Waals surface area contributed by atoms with Crippen LogP contribution in [-0.2, 0) is 0 Å². The number of aromatic nitrogens is 3. The second-order valence-corrected chi connectivity index (χ2v) is 8.98. The van der Waals surface area contributed by atoms with Crippen LogP contribution >= 0.6 is 0 Å². The van der Waals surface area contributed by atoms with E-state index in [1.165, 1.54) is 6.42 Å². The maximum absolute atomic E-state index is 9.49. The monoisotopic (exact) mass is 453 g/mol. The van der Waals surface area contributed by atoms with Crippen molar-refractivity contribution in [2.24, 2.45) is 4.99 Å². The van der Waals surface area contributed by atoms with Gasteiger partial charge >= 0.3 is 0 Å². The number of allylic oxidation sites excluding steroid dienone is 1. The maximum Gasteiger partial charge on any atom is 0.206 e. The fourth-order valence-corrected chi connectivity index (χ4v) is 4.93. The van der Waals surface area contributed by atoms with Gasteiger partial charge in [0.1, 0.15) is 11.9 Å². The van der Waals surface area contributed by atoms with Crippen LogP contribution in [0.15, 0.2) is 65.9 Å². The number of hydrogen-bond donors (Lipinski definition) is 1. The van der Waals surface area contributed by atoms with Gasteiger partial charge in [0, 0.05) is 61.5 Å². The van der Waals surface area contributed by atoms with Crippen LogP contribution in [0.25, 0.3) is 16.6 Å². The number of fused-ring (bicyclic) bond motifs is 3. The lowest BCUT2D eigenvalue weighted by Crippen LogP contribution is -2.69. The quantitative estimate of drug-likeness (QED) is 0.450. The molecule has 6 rings (SSSR count). The molecule has 0 aliphatic carbocycles. The molecule has 2 bridgehead atoms. The first-order valence-electron chi connectivity index (χ1n) is 11.4. The van der Waals surface area contributed by atoms with Crippen LogP contribution in [-0.4, -0.2) is 62.5 Å². The number of nitriles is 1. The van der Waals surface area contributed by atoms with Crippen molar-refractivity contribution in [1.29, 1.82) is 5.26 Å². The molecule has 0 radical (unpaired) electrons. The van der Waals surface area contributed by atoms with Gasteiger partial charge in [-0.1, -0.05) is 6.58 Å². The Kier molecular flexibility index (Phi) is 5.64.